The molecule has 0 fully saturated rings. The quantitative estimate of drug-likeness (QED) is 0.114. The van der Waals surface area contributed by atoms with Crippen LogP contribution in [0.2, 0.25) is 0 Å². The summed E-state index contributed by atoms with van der Waals surface area (Å²) in [4.78, 5) is 0. The van der Waals surface area contributed by atoms with Gasteiger partial charge in [-0.3, -0.25) is 0 Å². The van der Waals surface area contributed by atoms with E-state index in [-0.39, 0.29) is 43.1 Å². The Bertz CT molecular complexity index is 665. The zero-order valence-electron chi connectivity index (χ0n) is 23.3. The topological polar surface area (TPSA) is 172 Å². The van der Waals surface area contributed by atoms with Gasteiger partial charge in [-0.1, -0.05) is 117 Å². The van der Waals surface area contributed by atoms with Gasteiger partial charge in [-0.05, 0) is 19.3 Å². The minimum Gasteiger partial charge on any atom is -0.748 e. The molecule has 0 aliphatic carbocycles. The van der Waals surface area contributed by atoms with Crippen LogP contribution in [-0.4, -0.2) is 82.0 Å². The van der Waals surface area contributed by atoms with Gasteiger partial charge in [0.05, 0.1) is 30.4 Å². The van der Waals surface area contributed by atoms with Crippen LogP contribution in [0.25, 0.3) is 0 Å². The summed E-state index contributed by atoms with van der Waals surface area (Å²) in [6, 6.07) is 0. The molecule has 222 valence electrons. The van der Waals surface area contributed by atoms with E-state index < -0.39 is 30.4 Å². The third-order valence-corrected chi connectivity index (χ3v) is 7.61. The average Bonchev–Trinajstić information content (AvgIpc) is 2.74. The maximum atomic E-state index is 10.2. The van der Waals surface area contributed by atoms with Gasteiger partial charge < -0.3 is 13.7 Å². The molecule has 0 spiro atoms. The first-order valence-corrected chi connectivity index (χ1v) is 18.2. The van der Waals surface area contributed by atoms with E-state index in [1.165, 1.54) is 38.5 Å². The van der Waals surface area contributed by atoms with Gasteiger partial charge in [-0.15, -0.1) is 0 Å². The summed E-state index contributed by atoms with van der Waals surface area (Å²) in [5, 5.41) is 0. The van der Waals surface area contributed by atoms with Crippen molar-refractivity contribution < 1.29 is 38.9 Å². The van der Waals surface area contributed by atoms with Crippen molar-refractivity contribution >= 4 is 56.2 Å². The Morgan fingerprint density at radius 1 is 0.351 bits per heavy atom. The van der Waals surface area contributed by atoms with E-state index >= 15 is 0 Å². The van der Waals surface area contributed by atoms with E-state index in [0.29, 0.717) is 19.3 Å². The van der Waals surface area contributed by atoms with Gasteiger partial charge in [0, 0.05) is 17.3 Å². The first-order valence-electron chi connectivity index (χ1n) is 13.5. The van der Waals surface area contributed by atoms with Crippen molar-refractivity contribution in [3.05, 3.63) is 0 Å². The Labute approximate surface area is 247 Å². The van der Waals surface area contributed by atoms with Gasteiger partial charge in [0.25, 0.3) is 0 Å². The summed E-state index contributed by atoms with van der Waals surface area (Å²) >= 11 is 0. The Kier molecular flexibility index (Phi) is 35.7. The smallest absolute Gasteiger partial charge is 0.748 e. The van der Waals surface area contributed by atoms with Crippen LogP contribution in [0.3, 0.4) is 0 Å². The molecule has 0 atom stereocenters. The van der Waals surface area contributed by atoms with Gasteiger partial charge in [-0.2, -0.15) is 0 Å². The largest absolute Gasteiger partial charge is 3.00 e. The maximum Gasteiger partial charge on any atom is 3.00 e. The second-order valence-corrected chi connectivity index (χ2v) is 13.7. The van der Waals surface area contributed by atoms with E-state index in [0.717, 1.165) is 57.8 Å². The molecule has 0 N–H and O–H groups in total. The summed E-state index contributed by atoms with van der Waals surface area (Å²) in [5.41, 5.74) is 0. The molecule has 0 heterocycles. The molecule has 0 amide bonds. The molecular weight excluding hydrogens is 643 g/mol. The van der Waals surface area contributed by atoms with Crippen LogP contribution in [-0.2, 0) is 30.4 Å². The minimum absolute atomic E-state index is 0. The number of rotatable bonds is 21. The third kappa shape index (κ3) is 57.5. The van der Waals surface area contributed by atoms with E-state index in [1.54, 1.807) is 0 Å². The second-order valence-electron chi connectivity index (χ2n) is 9.09. The fraction of sp³-hybridized carbons (Fsp3) is 1.00. The molecule has 13 heteroatoms. The summed E-state index contributed by atoms with van der Waals surface area (Å²) < 4.78 is 91.5. The monoisotopic (exact) mass is 694 g/mol. The number of hydrogen-bond acceptors (Lipinski definition) is 9. The molecular formula is C24H51InO9S3. The van der Waals surface area contributed by atoms with Crippen LogP contribution in [0.15, 0.2) is 0 Å². The van der Waals surface area contributed by atoms with Crippen LogP contribution < -0.4 is 0 Å². The van der Waals surface area contributed by atoms with Crippen LogP contribution in [0.4, 0.5) is 0 Å². The standard InChI is InChI=1S/3C8H18O3S.In/c3*1-2-3-4-5-6-7-8-12(9,10)11;/h3*2-8H2,1H3,(H,9,10,11);/q;;;+3/p-3. The SMILES string of the molecule is CCCCCCCCS(=O)(=O)[O-].CCCCCCCCS(=O)(=O)[O-].CCCCCCCCS(=O)(=O)[O-].[In+3]. The van der Waals surface area contributed by atoms with Crippen LogP contribution in [0.1, 0.15) is 136 Å². The van der Waals surface area contributed by atoms with Crippen molar-refractivity contribution in [3.8, 4) is 0 Å². The van der Waals surface area contributed by atoms with Crippen molar-refractivity contribution in [1.29, 1.82) is 0 Å². The molecule has 0 rings (SSSR count). The van der Waals surface area contributed by atoms with E-state index in [4.69, 9.17) is 0 Å². The fourth-order valence-electron chi connectivity index (χ4n) is 3.18. The first-order chi connectivity index (χ1) is 16.7. The molecule has 0 unspecified atom stereocenters. The number of unbranched alkanes of at least 4 members (excludes halogenated alkanes) is 15. The molecule has 0 aromatic rings. The molecule has 0 radical (unpaired) electrons. The maximum absolute atomic E-state index is 10.2. The van der Waals surface area contributed by atoms with Crippen molar-refractivity contribution in [2.24, 2.45) is 0 Å². The van der Waals surface area contributed by atoms with E-state index in [1.807, 2.05) is 0 Å². The second kappa shape index (κ2) is 29.6. The minimum atomic E-state index is -3.97. The normalized spacial score (nSPS) is 11.5. The zero-order chi connectivity index (χ0) is 28.3. The van der Waals surface area contributed by atoms with Crippen molar-refractivity contribution in [1.82, 2.24) is 0 Å². The molecule has 9 nitrogen and oxygen atoms in total. The molecule has 0 saturated carbocycles. The third-order valence-electron chi connectivity index (χ3n) is 5.24. The predicted molar refractivity (Wildman–Crippen MR) is 150 cm³/mol. The summed E-state index contributed by atoms with van der Waals surface area (Å²) in [6.07, 6.45) is 17.9. The Morgan fingerprint density at radius 3 is 0.676 bits per heavy atom. The van der Waals surface area contributed by atoms with Crippen LogP contribution in [0.5, 0.6) is 0 Å². The summed E-state index contributed by atoms with van der Waals surface area (Å²) in [6.45, 7) is 6.38. The summed E-state index contributed by atoms with van der Waals surface area (Å²) in [5.74, 6) is -0.586. The molecule has 37 heavy (non-hydrogen) atoms. The fourth-order valence-corrected chi connectivity index (χ4v) is 4.85. The van der Waals surface area contributed by atoms with E-state index in [9.17, 15) is 38.9 Å². The molecule has 0 aliphatic rings. The molecule has 0 saturated heterocycles. The average molecular weight is 695 g/mol. The van der Waals surface area contributed by atoms with Gasteiger partial charge in [-0.25, -0.2) is 25.3 Å². The first kappa shape index (κ1) is 44.6. The number of hydrogen-bond donors (Lipinski definition) is 0. The van der Waals surface area contributed by atoms with Gasteiger partial charge >= 0.3 is 25.8 Å². The zero-order valence-corrected chi connectivity index (χ0v) is 29.1. The van der Waals surface area contributed by atoms with Crippen molar-refractivity contribution in [3.63, 3.8) is 0 Å². The predicted octanol–water partition coefficient (Wildman–Crippen LogP) is 5.30. The van der Waals surface area contributed by atoms with Crippen LogP contribution >= 0.6 is 0 Å². The summed E-state index contributed by atoms with van der Waals surface area (Å²) in [7, 11) is -11.9. The van der Waals surface area contributed by atoms with Crippen molar-refractivity contribution in [2.75, 3.05) is 17.3 Å². The van der Waals surface area contributed by atoms with Gasteiger partial charge in [0.2, 0.25) is 0 Å². The Morgan fingerprint density at radius 2 is 0.514 bits per heavy atom. The van der Waals surface area contributed by atoms with Gasteiger partial charge in [0.15, 0.2) is 0 Å². The molecule has 0 aromatic carbocycles. The molecule has 0 bridgehead atoms. The van der Waals surface area contributed by atoms with E-state index in [2.05, 4.69) is 20.8 Å². The Balaban J connectivity index is -0.000000218. The molecule has 0 aromatic heterocycles. The molecule has 0 aliphatic heterocycles. The Hall–Kier alpha value is 0.600. The van der Waals surface area contributed by atoms with Gasteiger partial charge in [0.1, 0.15) is 0 Å². The van der Waals surface area contributed by atoms with Crippen LogP contribution in [0, 0.1) is 0 Å². The van der Waals surface area contributed by atoms with Crippen molar-refractivity contribution in [2.45, 2.75) is 136 Å².